The maximum absolute atomic E-state index is 13.1. The van der Waals surface area contributed by atoms with E-state index in [9.17, 15) is 9.00 Å². The van der Waals surface area contributed by atoms with Gasteiger partial charge in [-0.1, -0.05) is 61.0 Å². The van der Waals surface area contributed by atoms with Crippen LogP contribution in [0.3, 0.4) is 0 Å². The van der Waals surface area contributed by atoms with E-state index in [-0.39, 0.29) is 22.2 Å². The summed E-state index contributed by atoms with van der Waals surface area (Å²) in [4.78, 5) is 12.4. The third-order valence-electron chi connectivity index (χ3n) is 4.25. The summed E-state index contributed by atoms with van der Waals surface area (Å²) in [6.07, 6.45) is 0.332. The molecule has 22 heavy (non-hydrogen) atoms. The van der Waals surface area contributed by atoms with Crippen LogP contribution in [0.2, 0.25) is 5.02 Å². The fourth-order valence-electron chi connectivity index (χ4n) is 2.99. The Hall–Kier alpha value is -1.45. The van der Waals surface area contributed by atoms with E-state index in [1.807, 2.05) is 49.4 Å². The minimum Gasteiger partial charge on any atom is -0.299 e. The largest absolute Gasteiger partial charge is 0.299 e. The summed E-state index contributed by atoms with van der Waals surface area (Å²) in [5, 5.41) is 0.138. The number of carbonyl (C=O) groups excluding carboxylic acids is 1. The first-order valence-electron chi connectivity index (χ1n) is 7.30. The van der Waals surface area contributed by atoms with Gasteiger partial charge in [0.25, 0.3) is 0 Å². The number of halogens is 1. The second kappa shape index (κ2) is 6.35. The lowest BCUT2D eigenvalue weighted by atomic mass is 9.92. The van der Waals surface area contributed by atoms with Crippen molar-refractivity contribution >= 4 is 28.2 Å². The molecule has 0 amide bonds. The van der Waals surface area contributed by atoms with Gasteiger partial charge in [0, 0.05) is 28.2 Å². The third-order valence-corrected chi connectivity index (χ3v) is 6.68. The van der Waals surface area contributed by atoms with E-state index < -0.39 is 10.8 Å². The molecule has 1 unspecified atom stereocenters. The second-order valence-corrected chi connectivity index (χ2v) is 7.83. The number of rotatable bonds is 2. The topological polar surface area (TPSA) is 34.1 Å². The van der Waals surface area contributed by atoms with Crippen LogP contribution in [0.1, 0.15) is 35.0 Å². The van der Waals surface area contributed by atoms with Crippen molar-refractivity contribution in [2.45, 2.75) is 23.8 Å². The van der Waals surface area contributed by atoms with E-state index >= 15 is 0 Å². The Morgan fingerprint density at radius 3 is 2.27 bits per heavy atom. The Morgan fingerprint density at radius 2 is 1.64 bits per heavy atom. The average molecular weight is 333 g/mol. The van der Waals surface area contributed by atoms with Gasteiger partial charge in [-0.15, -0.1) is 0 Å². The highest BCUT2D eigenvalue weighted by Crippen LogP contribution is 2.43. The van der Waals surface area contributed by atoms with E-state index in [2.05, 4.69) is 0 Å². The first-order chi connectivity index (χ1) is 10.6. The van der Waals surface area contributed by atoms with Gasteiger partial charge in [0.1, 0.15) is 5.78 Å². The van der Waals surface area contributed by atoms with Gasteiger partial charge < -0.3 is 0 Å². The molecule has 0 bridgehead atoms. The molecule has 1 saturated heterocycles. The quantitative estimate of drug-likeness (QED) is 0.812. The van der Waals surface area contributed by atoms with Gasteiger partial charge in [-0.2, -0.15) is 0 Å². The number of hydrogen-bond donors (Lipinski definition) is 0. The number of benzene rings is 2. The van der Waals surface area contributed by atoms with Gasteiger partial charge in [-0.05, 0) is 23.3 Å². The van der Waals surface area contributed by atoms with Crippen molar-refractivity contribution in [1.29, 1.82) is 0 Å². The van der Waals surface area contributed by atoms with Crippen molar-refractivity contribution < 1.29 is 9.00 Å². The lowest BCUT2D eigenvalue weighted by Gasteiger charge is -2.33. The predicted octanol–water partition coefficient (Wildman–Crippen LogP) is 4.48. The van der Waals surface area contributed by atoms with Crippen molar-refractivity contribution in [3.05, 3.63) is 70.7 Å². The average Bonchev–Trinajstić information content (AvgIpc) is 2.53. The lowest BCUT2D eigenvalue weighted by Crippen LogP contribution is -2.33. The summed E-state index contributed by atoms with van der Waals surface area (Å²) in [5.74, 6) is -0.0415. The van der Waals surface area contributed by atoms with E-state index in [1.165, 1.54) is 0 Å². The summed E-state index contributed by atoms with van der Waals surface area (Å²) in [6, 6.07) is 17.0. The van der Waals surface area contributed by atoms with Crippen LogP contribution in [0.15, 0.2) is 54.6 Å². The molecule has 4 atom stereocenters. The normalized spacial score (nSPS) is 28.5. The van der Waals surface area contributed by atoms with Crippen LogP contribution < -0.4 is 0 Å². The van der Waals surface area contributed by atoms with Crippen LogP contribution in [0.25, 0.3) is 0 Å². The van der Waals surface area contributed by atoms with Crippen molar-refractivity contribution in [1.82, 2.24) is 0 Å². The minimum absolute atomic E-state index is 0.174. The zero-order chi connectivity index (χ0) is 15.7. The van der Waals surface area contributed by atoms with Gasteiger partial charge >= 0.3 is 0 Å². The van der Waals surface area contributed by atoms with Gasteiger partial charge in [0.15, 0.2) is 0 Å². The molecule has 0 saturated carbocycles. The maximum Gasteiger partial charge on any atom is 0.138 e. The molecule has 1 heterocycles. The first-order valence-corrected chi connectivity index (χ1v) is 8.96. The summed E-state index contributed by atoms with van der Waals surface area (Å²) in [6.45, 7) is 1.88. The lowest BCUT2D eigenvalue weighted by molar-refractivity contribution is -0.122. The standard InChI is InChI=1S/C18H17ClO2S/c1-12-16(20)11-17(13-7-9-15(19)10-8-13)22(21)18(12)14-5-3-2-4-6-14/h2-10,12,17-18H,11H2,1H3/t12-,17+,18-,22?/m1/s1. The number of ketones is 1. The fraction of sp³-hybridized carbons (Fsp3) is 0.278. The van der Waals surface area contributed by atoms with Gasteiger partial charge in [-0.3, -0.25) is 9.00 Å². The van der Waals surface area contributed by atoms with Crippen molar-refractivity contribution in [2.24, 2.45) is 5.92 Å². The molecule has 1 aliphatic rings. The Kier molecular flexibility index (Phi) is 4.46. The predicted molar refractivity (Wildman–Crippen MR) is 90.3 cm³/mol. The molecule has 114 valence electrons. The zero-order valence-electron chi connectivity index (χ0n) is 12.2. The summed E-state index contributed by atoms with van der Waals surface area (Å²) < 4.78 is 13.1. The Labute approximate surface area is 138 Å². The highest BCUT2D eigenvalue weighted by molar-refractivity contribution is 7.85. The molecule has 3 rings (SSSR count). The molecule has 0 aliphatic carbocycles. The molecule has 2 aromatic rings. The van der Waals surface area contributed by atoms with Gasteiger partial charge in [0.05, 0.1) is 10.5 Å². The molecule has 2 aromatic carbocycles. The van der Waals surface area contributed by atoms with E-state index in [4.69, 9.17) is 11.6 Å². The second-order valence-electron chi connectivity index (χ2n) is 5.66. The van der Waals surface area contributed by atoms with Crippen LogP contribution in [0.4, 0.5) is 0 Å². The Morgan fingerprint density at radius 1 is 1.00 bits per heavy atom. The van der Waals surface area contributed by atoms with Crippen LogP contribution in [-0.2, 0) is 15.6 Å². The molecule has 1 fully saturated rings. The van der Waals surface area contributed by atoms with Crippen LogP contribution in [-0.4, -0.2) is 9.99 Å². The van der Waals surface area contributed by atoms with E-state index in [0.29, 0.717) is 11.4 Å². The SMILES string of the molecule is C[C@@H]1C(=O)C[C@@H](c2ccc(Cl)cc2)S(=O)[C@H]1c1ccccc1. The van der Waals surface area contributed by atoms with Crippen LogP contribution in [0.5, 0.6) is 0 Å². The molecular formula is C18H17ClO2S. The van der Waals surface area contributed by atoms with Crippen LogP contribution in [0, 0.1) is 5.92 Å². The third kappa shape index (κ3) is 2.88. The van der Waals surface area contributed by atoms with E-state index in [0.717, 1.165) is 11.1 Å². The molecule has 0 spiro atoms. The molecular weight excluding hydrogens is 316 g/mol. The monoisotopic (exact) mass is 332 g/mol. The minimum atomic E-state index is -1.14. The number of carbonyl (C=O) groups is 1. The molecule has 1 aliphatic heterocycles. The molecule has 2 nitrogen and oxygen atoms in total. The van der Waals surface area contributed by atoms with Gasteiger partial charge in [0.2, 0.25) is 0 Å². The smallest absolute Gasteiger partial charge is 0.138 e. The number of hydrogen-bond acceptors (Lipinski definition) is 2. The molecule has 0 aromatic heterocycles. The Balaban J connectivity index is 1.99. The highest BCUT2D eigenvalue weighted by atomic mass is 35.5. The molecule has 0 N–H and O–H groups in total. The van der Waals surface area contributed by atoms with Crippen molar-refractivity contribution in [2.75, 3.05) is 0 Å². The fourth-order valence-corrected chi connectivity index (χ4v) is 5.21. The summed E-state index contributed by atoms with van der Waals surface area (Å²) in [7, 11) is -1.14. The molecule has 0 radical (unpaired) electrons. The van der Waals surface area contributed by atoms with Gasteiger partial charge in [-0.25, -0.2) is 0 Å². The Bertz CT molecular complexity index is 697. The summed E-state index contributed by atoms with van der Waals surface area (Å²) in [5.41, 5.74) is 1.89. The maximum atomic E-state index is 13.1. The van der Waals surface area contributed by atoms with Crippen molar-refractivity contribution in [3.63, 3.8) is 0 Å². The van der Waals surface area contributed by atoms with E-state index in [1.54, 1.807) is 12.1 Å². The summed E-state index contributed by atoms with van der Waals surface area (Å²) >= 11 is 5.92. The number of Topliss-reactive ketones (excluding diaryl/α,β-unsaturated/α-hetero) is 1. The first kappa shape index (κ1) is 15.4. The zero-order valence-corrected chi connectivity index (χ0v) is 13.8. The highest BCUT2D eigenvalue weighted by Gasteiger charge is 2.41. The molecule has 4 heteroatoms. The van der Waals surface area contributed by atoms with Crippen molar-refractivity contribution in [3.8, 4) is 0 Å². The van der Waals surface area contributed by atoms with Crippen LogP contribution >= 0.6 is 11.6 Å².